The van der Waals surface area contributed by atoms with Crippen LogP contribution in [0.3, 0.4) is 0 Å². The molecule has 0 saturated heterocycles. The van der Waals surface area contributed by atoms with Gasteiger partial charge in [-0.2, -0.15) is 0 Å². The highest BCUT2D eigenvalue weighted by atomic mass is 16.5. The highest BCUT2D eigenvalue weighted by molar-refractivity contribution is 6.22. The quantitative estimate of drug-likeness (QED) is 0.135. The van der Waals surface area contributed by atoms with E-state index < -0.39 is 76.5 Å². The maximum atomic E-state index is 13.8. The van der Waals surface area contributed by atoms with Crippen molar-refractivity contribution in [3.05, 3.63) is 63.9 Å². The van der Waals surface area contributed by atoms with Gasteiger partial charge in [0.25, 0.3) is 5.91 Å². The molecule has 5 rings (SSSR count). The normalized spacial score (nSPS) is 23.0. The van der Waals surface area contributed by atoms with Gasteiger partial charge in [-0.1, -0.05) is 12.1 Å². The summed E-state index contributed by atoms with van der Waals surface area (Å²) in [6.45, 7) is 0. The van der Waals surface area contributed by atoms with Crippen molar-refractivity contribution in [3.63, 3.8) is 0 Å². The van der Waals surface area contributed by atoms with E-state index in [2.05, 4.69) is 10.6 Å². The summed E-state index contributed by atoms with van der Waals surface area (Å²) in [6.07, 6.45) is -2.01. The molecule has 3 aliphatic carbocycles. The third kappa shape index (κ3) is 4.65. The van der Waals surface area contributed by atoms with Crippen molar-refractivity contribution >= 4 is 46.3 Å². The Labute approximate surface area is 244 Å². The van der Waals surface area contributed by atoms with Gasteiger partial charge in [0.15, 0.2) is 23.4 Å². The average Bonchev–Trinajstić information content (AvgIpc) is 2.92. The predicted octanol–water partition coefficient (Wildman–Crippen LogP) is 1.12. The topological polar surface area (TPSA) is 243 Å². The van der Waals surface area contributed by atoms with Crippen LogP contribution in [0.1, 0.15) is 35.8 Å². The van der Waals surface area contributed by atoms with Crippen LogP contribution in [0.25, 0.3) is 5.76 Å². The molecule has 0 heterocycles. The number of benzene rings is 2. The molecule has 0 radical (unpaired) electrons. The van der Waals surface area contributed by atoms with Gasteiger partial charge in [-0.3, -0.25) is 14.4 Å². The number of fused-ring (bicyclic) bond motifs is 3. The summed E-state index contributed by atoms with van der Waals surface area (Å²) in [4.78, 5) is 52.6. The van der Waals surface area contributed by atoms with Crippen molar-refractivity contribution in [2.75, 3.05) is 29.6 Å². The molecule has 0 bridgehead atoms. The molecule has 226 valence electrons. The predicted molar refractivity (Wildman–Crippen MR) is 152 cm³/mol. The number of nitrogens with zero attached hydrogens (tertiary/aromatic N) is 1. The van der Waals surface area contributed by atoms with Crippen LogP contribution < -0.4 is 21.3 Å². The van der Waals surface area contributed by atoms with E-state index in [1.807, 2.05) is 0 Å². The third-order valence-electron chi connectivity index (χ3n) is 8.24. The number of hydrogen-bond donors (Lipinski definition) is 9. The van der Waals surface area contributed by atoms with Crippen LogP contribution in [0.2, 0.25) is 0 Å². The number of nitrogens with one attached hydrogen (secondary N) is 2. The number of primary amides is 1. The number of phenolic OH excluding ortho intramolecular Hbond substituents is 1. The maximum absolute atomic E-state index is 13.8. The summed E-state index contributed by atoms with van der Waals surface area (Å²) in [5.74, 6) is -7.45. The zero-order valence-corrected chi connectivity index (χ0v) is 23.1. The molecule has 0 aromatic heterocycles. The fraction of sp³-hybridized carbons (Fsp3) is 0.310. The number of hydrogen-bond acceptors (Lipinski definition) is 11. The number of carbonyl (C=O) groups excluding carboxylic acids is 4. The van der Waals surface area contributed by atoms with Crippen molar-refractivity contribution in [1.82, 2.24) is 0 Å². The molecule has 3 atom stereocenters. The van der Waals surface area contributed by atoms with Gasteiger partial charge < -0.3 is 51.9 Å². The number of anilines is 3. The highest BCUT2D eigenvalue weighted by Gasteiger charge is 2.60. The summed E-state index contributed by atoms with van der Waals surface area (Å²) < 4.78 is 0. The summed E-state index contributed by atoms with van der Waals surface area (Å²) in [6, 6.07) is 6.34. The Bertz CT molecular complexity index is 1640. The minimum absolute atomic E-state index is 0.00888. The number of aliphatic hydroxyl groups is 5. The van der Waals surface area contributed by atoms with E-state index >= 15 is 0 Å². The second-order valence-electron chi connectivity index (χ2n) is 11.0. The number of amides is 3. The number of nitrogens with two attached hydrogens (primary N) is 1. The Morgan fingerprint density at radius 3 is 2.28 bits per heavy atom. The minimum atomic E-state index is -2.69. The molecule has 2 aromatic carbocycles. The first-order valence-corrected chi connectivity index (χ1v) is 13.2. The van der Waals surface area contributed by atoms with Crippen LogP contribution in [0.15, 0.2) is 47.2 Å². The van der Waals surface area contributed by atoms with Crippen LogP contribution >= 0.6 is 0 Å². The molecule has 2 aromatic rings. The van der Waals surface area contributed by atoms with Crippen LogP contribution in [0.5, 0.6) is 5.75 Å². The first-order chi connectivity index (χ1) is 20.2. The molecular weight excluding hydrogens is 564 g/mol. The molecule has 0 aliphatic heterocycles. The fourth-order valence-electron chi connectivity index (χ4n) is 6.19. The zero-order chi connectivity index (χ0) is 31.5. The Morgan fingerprint density at radius 1 is 1.05 bits per heavy atom. The third-order valence-corrected chi connectivity index (χ3v) is 8.24. The molecule has 1 saturated carbocycles. The molecule has 14 heteroatoms. The summed E-state index contributed by atoms with van der Waals surface area (Å²) in [7, 11) is 3.39. The zero-order valence-electron chi connectivity index (χ0n) is 23.1. The van der Waals surface area contributed by atoms with E-state index in [9.17, 15) is 49.8 Å². The van der Waals surface area contributed by atoms with Crippen molar-refractivity contribution in [1.29, 1.82) is 0 Å². The second kappa shape index (κ2) is 10.4. The lowest BCUT2D eigenvalue weighted by atomic mass is 9.59. The van der Waals surface area contributed by atoms with Crippen LogP contribution in [-0.4, -0.2) is 73.8 Å². The number of rotatable bonds is 5. The summed E-state index contributed by atoms with van der Waals surface area (Å²) >= 11 is 0. The molecule has 43 heavy (non-hydrogen) atoms. The number of carbonyl (C=O) groups is 4. The van der Waals surface area contributed by atoms with Crippen molar-refractivity contribution in [2.45, 2.75) is 31.2 Å². The lowest BCUT2D eigenvalue weighted by Crippen LogP contribution is -2.58. The van der Waals surface area contributed by atoms with Gasteiger partial charge >= 0.3 is 6.03 Å². The van der Waals surface area contributed by atoms with E-state index in [0.717, 1.165) is 0 Å². The van der Waals surface area contributed by atoms with E-state index in [1.54, 1.807) is 19.0 Å². The Morgan fingerprint density at radius 2 is 1.70 bits per heavy atom. The lowest BCUT2D eigenvalue weighted by Gasteiger charge is -2.46. The largest absolute Gasteiger partial charge is 0.508 e. The summed E-state index contributed by atoms with van der Waals surface area (Å²) in [5.41, 5.74) is 2.49. The lowest BCUT2D eigenvalue weighted by molar-refractivity contribution is -0.147. The van der Waals surface area contributed by atoms with E-state index in [1.165, 1.54) is 30.3 Å². The number of phenols is 1. The van der Waals surface area contributed by atoms with Gasteiger partial charge in [0, 0.05) is 48.9 Å². The molecule has 1 fully saturated rings. The molecule has 0 spiro atoms. The first-order valence-electron chi connectivity index (χ1n) is 13.2. The van der Waals surface area contributed by atoms with Gasteiger partial charge in [-0.25, -0.2) is 4.79 Å². The summed E-state index contributed by atoms with van der Waals surface area (Å²) in [5, 5.41) is 68.4. The number of ketones is 2. The van der Waals surface area contributed by atoms with Gasteiger partial charge in [0.05, 0.1) is 11.3 Å². The second-order valence-corrected chi connectivity index (χ2v) is 11.0. The monoisotopic (exact) mass is 594 g/mol. The first kappa shape index (κ1) is 29.6. The Kier molecular flexibility index (Phi) is 7.16. The number of Topliss-reactive ketones (excluding diaryl/α,β-unsaturated/α-hetero) is 2. The highest BCUT2D eigenvalue weighted by Crippen LogP contribution is 2.54. The van der Waals surface area contributed by atoms with Crippen LogP contribution in [-0.2, 0) is 20.8 Å². The molecular formula is C29H30N4O10. The SMILES string of the molecule is CN(C)c1cc(NC(=O)Nc2ccc(C(O)O)cc2)c(O)c2c1C[C@H]1C[C@H]3CC(=O)C(C(N)=O)=C(O)[C@@]3(O)C(=O)C1=C2O. The molecule has 3 amide bonds. The molecule has 14 nitrogen and oxygen atoms in total. The van der Waals surface area contributed by atoms with E-state index in [-0.39, 0.29) is 35.2 Å². The van der Waals surface area contributed by atoms with Gasteiger partial charge in [0.1, 0.15) is 17.1 Å². The van der Waals surface area contributed by atoms with E-state index in [0.29, 0.717) is 16.9 Å². The van der Waals surface area contributed by atoms with Gasteiger partial charge in [0.2, 0.25) is 5.78 Å². The fourth-order valence-corrected chi connectivity index (χ4v) is 6.19. The van der Waals surface area contributed by atoms with Crippen molar-refractivity contribution < 1.29 is 49.8 Å². The van der Waals surface area contributed by atoms with E-state index in [4.69, 9.17) is 5.73 Å². The van der Waals surface area contributed by atoms with Gasteiger partial charge in [-0.15, -0.1) is 0 Å². The van der Waals surface area contributed by atoms with Crippen LogP contribution in [0.4, 0.5) is 21.9 Å². The minimum Gasteiger partial charge on any atom is -0.508 e. The standard InChI is InChI=1S/C29H30N4O10/c1-33(2)17-10-16(32-28(42)31-14-5-3-11(4-6-14)27(40)41)22(35)20-15(17)8-12-7-13-9-18(34)21(26(30)39)25(38)29(13,43)24(37)19(12)23(20)36/h3-6,10,12-13,27,35-36,38,40-41,43H,7-9H2,1-2H3,(H2,30,39)(H2,31,32,42)/t12-,13+,29+/m1/s1. The average molecular weight is 595 g/mol. The Hall–Kier alpha value is -4.92. The molecule has 10 N–H and O–H groups in total. The maximum Gasteiger partial charge on any atom is 0.323 e. The van der Waals surface area contributed by atoms with Crippen molar-refractivity contribution in [2.24, 2.45) is 17.6 Å². The number of urea groups is 1. The number of aromatic hydroxyl groups is 1. The smallest absolute Gasteiger partial charge is 0.323 e. The molecule has 3 aliphatic rings. The van der Waals surface area contributed by atoms with Crippen molar-refractivity contribution in [3.8, 4) is 5.75 Å². The van der Waals surface area contributed by atoms with Gasteiger partial charge in [-0.05, 0) is 42.5 Å². The Balaban J connectivity index is 1.56. The van der Waals surface area contributed by atoms with Crippen LogP contribution in [0, 0.1) is 11.8 Å². The molecule has 0 unspecified atom stereocenters. The number of aliphatic hydroxyl groups excluding tert-OH is 3.